The molecule has 2 aliphatic carbocycles. The minimum atomic E-state index is -1.02. The molecule has 0 bridgehead atoms. The predicted octanol–water partition coefficient (Wildman–Crippen LogP) is 6.48. The molecule has 7 rings (SSSR count). The molecule has 4 fully saturated rings. The van der Waals surface area contributed by atoms with Crippen LogP contribution < -0.4 is 29.2 Å². The Hall–Kier alpha value is -4.99. The summed E-state index contributed by atoms with van der Waals surface area (Å²) in [5, 5.41) is 22.1. The van der Waals surface area contributed by atoms with Crippen molar-refractivity contribution in [2.75, 3.05) is 51.9 Å². The quantitative estimate of drug-likeness (QED) is 0.222. The van der Waals surface area contributed by atoms with Crippen molar-refractivity contribution >= 4 is 17.6 Å². The zero-order chi connectivity index (χ0) is 40.0. The number of hydrogen-bond donors (Lipinski definition) is 2. The lowest BCUT2D eigenvalue weighted by Crippen LogP contribution is -2.74. The minimum Gasteiger partial charge on any atom is -0.495 e. The van der Waals surface area contributed by atoms with Gasteiger partial charge in [0.25, 0.3) is 5.91 Å². The molecule has 2 N–H and O–H groups in total. The van der Waals surface area contributed by atoms with Crippen LogP contribution in [0.15, 0.2) is 54.6 Å². The maximum absolute atomic E-state index is 13.6. The van der Waals surface area contributed by atoms with Crippen LogP contribution >= 0.6 is 0 Å². The molecule has 12 nitrogen and oxygen atoms in total. The highest BCUT2D eigenvalue weighted by atomic mass is 16.5. The van der Waals surface area contributed by atoms with Gasteiger partial charge in [-0.3, -0.25) is 9.69 Å². The number of nitriles is 1. The van der Waals surface area contributed by atoms with Crippen LogP contribution in [0.1, 0.15) is 85.2 Å². The van der Waals surface area contributed by atoms with E-state index in [9.17, 15) is 20.0 Å². The third-order valence-electron chi connectivity index (χ3n) is 12.8. The maximum atomic E-state index is 13.6. The Morgan fingerprint density at radius 3 is 2.23 bits per heavy atom. The standard InChI is InChI=1S/C44H54N4O8/c1-27-35(15-14-34(39(50)51)37(27)53-7)55-33-22-31(23-33)48-20-21-54-44(26-48)16-18-47(19-17-44)30-11-8-28(9-12-30)38(49)46-40-42(2,3)41(43(40,4)5)56-32-13-10-29(25-45)36(24-32)52-6/h8-15,24,31,33,40-41H,16-23,26H2,1-7H3,(H,46,49)(H,50,51). The number of piperidine rings is 1. The van der Waals surface area contributed by atoms with E-state index in [0.717, 1.165) is 57.5 Å². The number of carbonyl (C=O) groups is 2. The Morgan fingerprint density at radius 1 is 0.911 bits per heavy atom. The van der Waals surface area contributed by atoms with Gasteiger partial charge in [0, 0.05) is 84.8 Å². The van der Waals surface area contributed by atoms with Gasteiger partial charge in [0.05, 0.1) is 32.0 Å². The first-order valence-electron chi connectivity index (χ1n) is 19.6. The summed E-state index contributed by atoms with van der Waals surface area (Å²) >= 11 is 0. The van der Waals surface area contributed by atoms with Gasteiger partial charge in [-0.2, -0.15) is 5.26 Å². The van der Waals surface area contributed by atoms with E-state index >= 15 is 0 Å². The van der Waals surface area contributed by atoms with Crippen LogP contribution in [0.2, 0.25) is 0 Å². The minimum absolute atomic E-state index is 0.0764. The van der Waals surface area contributed by atoms with Crippen molar-refractivity contribution in [3.05, 3.63) is 76.9 Å². The number of carboxylic acid groups (broad SMARTS) is 1. The second-order valence-corrected chi connectivity index (χ2v) is 17.0. The molecule has 1 spiro atoms. The number of nitrogens with zero attached hydrogens (tertiary/aromatic N) is 3. The summed E-state index contributed by atoms with van der Waals surface area (Å²) in [6.07, 6.45) is 3.60. The van der Waals surface area contributed by atoms with Crippen molar-refractivity contribution in [2.45, 2.75) is 90.2 Å². The van der Waals surface area contributed by atoms with Gasteiger partial charge in [0.1, 0.15) is 46.8 Å². The van der Waals surface area contributed by atoms with Gasteiger partial charge in [-0.25, -0.2) is 4.79 Å². The molecule has 0 atom stereocenters. The lowest BCUT2D eigenvalue weighted by atomic mass is 9.49. The molecule has 4 aliphatic rings. The van der Waals surface area contributed by atoms with E-state index in [4.69, 9.17) is 23.7 Å². The van der Waals surface area contributed by atoms with Crippen molar-refractivity contribution in [2.24, 2.45) is 10.8 Å². The molecule has 2 heterocycles. The fraction of sp³-hybridized carbons (Fsp3) is 0.523. The Labute approximate surface area is 329 Å². The Bertz CT molecular complexity index is 1980. The monoisotopic (exact) mass is 766 g/mol. The SMILES string of the molecule is COc1cc(OC2C(C)(C)C(NC(=O)c3ccc(N4CCC5(CC4)CN(C4CC(Oc6ccc(C(=O)O)c(OC)c6C)C4)CCO5)cc3)C2(C)C)ccc1C#N. The lowest BCUT2D eigenvalue weighted by Gasteiger charge is -2.63. The molecule has 1 amide bonds. The molecule has 2 aliphatic heterocycles. The maximum Gasteiger partial charge on any atom is 0.339 e. The first-order chi connectivity index (χ1) is 26.7. The van der Waals surface area contributed by atoms with Crippen molar-refractivity contribution in [3.63, 3.8) is 0 Å². The Kier molecular flexibility index (Phi) is 10.6. The summed E-state index contributed by atoms with van der Waals surface area (Å²) in [6, 6.07) is 18.9. The summed E-state index contributed by atoms with van der Waals surface area (Å²) in [5.74, 6) is 0.986. The first-order valence-corrected chi connectivity index (χ1v) is 19.6. The van der Waals surface area contributed by atoms with Crippen molar-refractivity contribution in [1.29, 1.82) is 5.26 Å². The number of anilines is 1. The zero-order valence-corrected chi connectivity index (χ0v) is 33.5. The van der Waals surface area contributed by atoms with Crippen molar-refractivity contribution < 1.29 is 38.4 Å². The van der Waals surface area contributed by atoms with Gasteiger partial charge in [-0.05, 0) is 68.3 Å². The van der Waals surface area contributed by atoms with Gasteiger partial charge < -0.3 is 39.0 Å². The van der Waals surface area contributed by atoms with E-state index in [0.29, 0.717) is 52.3 Å². The van der Waals surface area contributed by atoms with Crippen LogP contribution in [-0.4, -0.2) is 98.8 Å². The number of carbonyl (C=O) groups excluding carboxylic acids is 1. The van der Waals surface area contributed by atoms with Crippen LogP contribution in [0.25, 0.3) is 0 Å². The highest BCUT2D eigenvalue weighted by Crippen LogP contribution is 2.55. The van der Waals surface area contributed by atoms with Crippen LogP contribution in [0, 0.1) is 29.1 Å². The van der Waals surface area contributed by atoms with Crippen LogP contribution in [-0.2, 0) is 4.74 Å². The van der Waals surface area contributed by atoms with Crippen LogP contribution in [0.3, 0.4) is 0 Å². The number of rotatable bonds is 11. The van der Waals surface area contributed by atoms with E-state index in [1.54, 1.807) is 30.3 Å². The van der Waals surface area contributed by atoms with E-state index < -0.39 is 5.97 Å². The molecule has 2 saturated carbocycles. The third-order valence-corrected chi connectivity index (χ3v) is 12.8. The van der Waals surface area contributed by atoms with E-state index in [-0.39, 0.29) is 46.2 Å². The second-order valence-electron chi connectivity index (χ2n) is 17.0. The summed E-state index contributed by atoms with van der Waals surface area (Å²) in [7, 11) is 3.02. The molecule has 0 radical (unpaired) electrons. The molecular formula is C44H54N4O8. The molecule has 12 heteroatoms. The molecular weight excluding hydrogens is 713 g/mol. The molecule has 3 aromatic rings. The summed E-state index contributed by atoms with van der Waals surface area (Å²) in [5.41, 5.74) is 2.14. The number of morpholine rings is 1. The lowest BCUT2D eigenvalue weighted by molar-refractivity contribution is -0.164. The van der Waals surface area contributed by atoms with Gasteiger partial charge in [0.15, 0.2) is 0 Å². The summed E-state index contributed by atoms with van der Waals surface area (Å²) in [6.45, 7) is 14.5. The third kappa shape index (κ3) is 7.23. The molecule has 2 saturated heterocycles. The number of aromatic carboxylic acids is 1. The fourth-order valence-corrected chi connectivity index (χ4v) is 9.82. The first kappa shape index (κ1) is 39.3. The second kappa shape index (κ2) is 15.2. The van der Waals surface area contributed by atoms with E-state index in [1.807, 2.05) is 31.2 Å². The van der Waals surface area contributed by atoms with Crippen molar-refractivity contribution in [1.82, 2.24) is 10.2 Å². The van der Waals surface area contributed by atoms with Gasteiger partial charge in [-0.15, -0.1) is 0 Å². The highest BCUT2D eigenvalue weighted by Gasteiger charge is 2.64. The Balaban J connectivity index is 0.894. The number of ether oxygens (including phenoxy) is 5. The highest BCUT2D eigenvalue weighted by molar-refractivity contribution is 5.95. The number of methoxy groups -OCH3 is 2. The number of hydrogen-bond acceptors (Lipinski definition) is 10. The number of amides is 1. The fourth-order valence-electron chi connectivity index (χ4n) is 9.82. The average Bonchev–Trinajstić information content (AvgIpc) is 3.17. The zero-order valence-electron chi connectivity index (χ0n) is 33.5. The smallest absolute Gasteiger partial charge is 0.339 e. The van der Waals surface area contributed by atoms with Crippen LogP contribution in [0.4, 0.5) is 5.69 Å². The number of carboxylic acids is 1. The van der Waals surface area contributed by atoms with Crippen molar-refractivity contribution in [3.8, 4) is 29.1 Å². The Morgan fingerprint density at radius 2 is 1.61 bits per heavy atom. The topological polar surface area (TPSA) is 143 Å². The number of nitrogens with one attached hydrogen (secondary N) is 1. The van der Waals surface area contributed by atoms with Gasteiger partial charge in [0.2, 0.25) is 0 Å². The van der Waals surface area contributed by atoms with E-state index in [2.05, 4.69) is 48.9 Å². The summed E-state index contributed by atoms with van der Waals surface area (Å²) in [4.78, 5) is 30.1. The summed E-state index contributed by atoms with van der Waals surface area (Å²) < 4.78 is 30.0. The van der Waals surface area contributed by atoms with Gasteiger partial charge in [-0.1, -0.05) is 27.7 Å². The normalized spacial score (nSPS) is 24.9. The molecule has 3 aromatic carbocycles. The molecule has 298 valence electrons. The largest absolute Gasteiger partial charge is 0.495 e. The molecule has 0 unspecified atom stereocenters. The van der Waals surface area contributed by atoms with Crippen LogP contribution in [0.5, 0.6) is 23.0 Å². The molecule has 56 heavy (non-hydrogen) atoms. The van der Waals surface area contributed by atoms with Gasteiger partial charge >= 0.3 is 5.97 Å². The molecule has 0 aromatic heterocycles. The number of benzene rings is 3. The van der Waals surface area contributed by atoms with E-state index in [1.165, 1.54) is 14.2 Å². The average molecular weight is 767 g/mol. The predicted molar refractivity (Wildman–Crippen MR) is 211 cm³/mol.